The van der Waals surface area contributed by atoms with Crippen LogP contribution in [0.25, 0.3) is 0 Å². The van der Waals surface area contributed by atoms with Gasteiger partial charge in [0.2, 0.25) is 5.91 Å². The number of hydrogen-bond donors (Lipinski definition) is 2. The first-order valence-electron chi connectivity index (χ1n) is 8.44. The molecule has 0 fully saturated rings. The molecule has 1 aliphatic heterocycles. The Kier molecular flexibility index (Phi) is 5.03. The van der Waals surface area contributed by atoms with E-state index in [4.69, 9.17) is 0 Å². The minimum absolute atomic E-state index is 0.192. The van der Waals surface area contributed by atoms with Crippen LogP contribution >= 0.6 is 0 Å². The van der Waals surface area contributed by atoms with Crippen LogP contribution in [0.3, 0.4) is 0 Å². The Bertz CT molecular complexity index is 875. The molecule has 2 aromatic rings. The minimum atomic E-state index is -1.20. The molecule has 2 aromatic carbocycles. The summed E-state index contributed by atoms with van der Waals surface area (Å²) in [6.07, 6.45) is -0.192. The van der Waals surface area contributed by atoms with E-state index < -0.39 is 35.8 Å². The van der Waals surface area contributed by atoms with Gasteiger partial charge >= 0.3 is 5.97 Å². The molecule has 0 radical (unpaired) electrons. The Balaban J connectivity index is 1.70. The average Bonchev–Trinajstić information content (AvgIpc) is 2.91. The SMILES string of the molecule is CC(CC(=O)NC(C(=O)O)c1ccccc1)N1C(=O)c2ccccc2C1=O. The summed E-state index contributed by atoms with van der Waals surface area (Å²) in [5, 5.41) is 11.8. The summed E-state index contributed by atoms with van der Waals surface area (Å²) < 4.78 is 0. The Morgan fingerprint density at radius 2 is 1.48 bits per heavy atom. The van der Waals surface area contributed by atoms with E-state index in [0.717, 1.165) is 4.90 Å². The number of hydrogen-bond acceptors (Lipinski definition) is 4. The summed E-state index contributed by atoms with van der Waals surface area (Å²) in [4.78, 5) is 49.8. The molecule has 1 heterocycles. The van der Waals surface area contributed by atoms with Crippen molar-refractivity contribution in [2.45, 2.75) is 25.4 Å². The highest BCUT2D eigenvalue weighted by Gasteiger charge is 2.38. The van der Waals surface area contributed by atoms with Crippen molar-refractivity contribution < 1.29 is 24.3 Å². The van der Waals surface area contributed by atoms with E-state index in [-0.39, 0.29) is 6.42 Å². The van der Waals surface area contributed by atoms with E-state index in [9.17, 15) is 24.3 Å². The second-order valence-corrected chi connectivity index (χ2v) is 6.33. The van der Waals surface area contributed by atoms with Gasteiger partial charge < -0.3 is 10.4 Å². The molecule has 3 amide bonds. The highest BCUT2D eigenvalue weighted by atomic mass is 16.4. The molecule has 1 aliphatic rings. The first-order chi connectivity index (χ1) is 12.9. The molecule has 2 unspecified atom stereocenters. The van der Waals surface area contributed by atoms with Gasteiger partial charge in [0.15, 0.2) is 6.04 Å². The maximum atomic E-state index is 12.5. The maximum absolute atomic E-state index is 12.5. The van der Waals surface area contributed by atoms with Gasteiger partial charge in [-0.05, 0) is 24.6 Å². The van der Waals surface area contributed by atoms with Gasteiger partial charge in [-0.1, -0.05) is 42.5 Å². The lowest BCUT2D eigenvalue weighted by Gasteiger charge is -2.23. The number of fused-ring (bicyclic) bond motifs is 1. The van der Waals surface area contributed by atoms with Gasteiger partial charge in [-0.25, -0.2) is 4.79 Å². The lowest BCUT2D eigenvalue weighted by Crippen LogP contribution is -2.42. The van der Waals surface area contributed by atoms with Gasteiger partial charge in [-0.3, -0.25) is 19.3 Å². The number of nitrogens with one attached hydrogen (secondary N) is 1. The topological polar surface area (TPSA) is 104 Å². The molecule has 2 N–H and O–H groups in total. The third kappa shape index (κ3) is 3.57. The zero-order valence-corrected chi connectivity index (χ0v) is 14.6. The first kappa shape index (κ1) is 18.3. The molecule has 0 aliphatic carbocycles. The molecule has 138 valence electrons. The number of carbonyl (C=O) groups is 4. The van der Waals surface area contributed by atoms with Gasteiger partial charge in [0.1, 0.15) is 0 Å². The van der Waals surface area contributed by atoms with Crippen molar-refractivity contribution in [2.75, 3.05) is 0 Å². The lowest BCUT2D eigenvalue weighted by molar-refractivity contribution is -0.142. The van der Waals surface area contributed by atoms with Gasteiger partial charge in [0, 0.05) is 12.5 Å². The summed E-state index contributed by atoms with van der Waals surface area (Å²) in [5.41, 5.74) is 1.05. The summed E-state index contributed by atoms with van der Waals surface area (Å²) in [6, 6.07) is 12.9. The molecule has 0 saturated heterocycles. The number of carbonyl (C=O) groups excluding carboxylic acids is 3. The Hall–Kier alpha value is -3.48. The van der Waals surface area contributed by atoms with Gasteiger partial charge in [-0.15, -0.1) is 0 Å². The van der Waals surface area contributed by atoms with Crippen LogP contribution in [0, 0.1) is 0 Å². The minimum Gasteiger partial charge on any atom is -0.479 e. The molecule has 0 spiro atoms. The lowest BCUT2D eigenvalue weighted by atomic mass is 10.1. The number of carboxylic acid groups (broad SMARTS) is 1. The van der Waals surface area contributed by atoms with Crippen LogP contribution < -0.4 is 5.32 Å². The van der Waals surface area contributed by atoms with Crippen molar-refractivity contribution in [1.82, 2.24) is 10.2 Å². The zero-order chi connectivity index (χ0) is 19.6. The molecular weight excluding hydrogens is 348 g/mol. The molecular formula is C20H18N2O5. The number of nitrogens with zero attached hydrogens (tertiary/aromatic N) is 1. The fourth-order valence-corrected chi connectivity index (χ4v) is 3.12. The molecule has 3 rings (SSSR count). The largest absolute Gasteiger partial charge is 0.479 e. The summed E-state index contributed by atoms with van der Waals surface area (Å²) in [7, 11) is 0. The third-order valence-corrected chi connectivity index (χ3v) is 4.43. The normalized spacial score (nSPS) is 15.2. The predicted molar refractivity (Wildman–Crippen MR) is 96.0 cm³/mol. The monoisotopic (exact) mass is 366 g/mol. The van der Waals surface area contributed by atoms with Crippen molar-refractivity contribution >= 4 is 23.7 Å². The van der Waals surface area contributed by atoms with Crippen LogP contribution in [0.5, 0.6) is 0 Å². The van der Waals surface area contributed by atoms with Gasteiger partial charge in [-0.2, -0.15) is 0 Å². The van der Waals surface area contributed by atoms with Crippen LogP contribution in [-0.2, 0) is 9.59 Å². The number of imide groups is 1. The molecule has 7 nitrogen and oxygen atoms in total. The predicted octanol–water partition coefficient (Wildman–Crippen LogP) is 2.00. The van der Waals surface area contributed by atoms with Gasteiger partial charge in [0.05, 0.1) is 11.1 Å². The molecule has 0 bridgehead atoms. The number of rotatable bonds is 6. The second-order valence-electron chi connectivity index (χ2n) is 6.33. The summed E-state index contributed by atoms with van der Waals surface area (Å²) in [5.74, 6) is -2.65. The van der Waals surface area contributed by atoms with Crippen molar-refractivity contribution in [3.63, 3.8) is 0 Å². The van der Waals surface area contributed by atoms with Crippen molar-refractivity contribution in [3.8, 4) is 0 Å². The molecule has 27 heavy (non-hydrogen) atoms. The highest BCUT2D eigenvalue weighted by molar-refractivity contribution is 6.21. The van der Waals surface area contributed by atoms with E-state index in [0.29, 0.717) is 16.7 Å². The third-order valence-electron chi connectivity index (χ3n) is 4.43. The number of carboxylic acids is 1. The number of benzene rings is 2. The van der Waals surface area contributed by atoms with E-state index in [2.05, 4.69) is 5.32 Å². The maximum Gasteiger partial charge on any atom is 0.330 e. The number of amides is 3. The van der Waals surface area contributed by atoms with E-state index in [1.54, 1.807) is 61.5 Å². The fourth-order valence-electron chi connectivity index (χ4n) is 3.12. The van der Waals surface area contributed by atoms with Crippen molar-refractivity contribution in [1.29, 1.82) is 0 Å². The van der Waals surface area contributed by atoms with Crippen LogP contribution in [0.1, 0.15) is 45.7 Å². The van der Waals surface area contributed by atoms with Crippen LogP contribution in [0.15, 0.2) is 54.6 Å². The molecule has 0 aromatic heterocycles. The molecule has 2 atom stereocenters. The number of aliphatic carboxylic acids is 1. The Morgan fingerprint density at radius 3 is 2.00 bits per heavy atom. The second kappa shape index (κ2) is 7.41. The summed E-state index contributed by atoms with van der Waals surface area (Å²) in [6.45, 7) is 1.58. The van der Waals surface area contributed by atoms with E-state index in [1.165, 1.54) is 0 Å². The van der Waals surface area contributed by atoms with E-state index in [1.807, 2.05) is 0 Å². The summed E-state index contributed by atoms with van der Waals surface area (Å²) >= 11 is 0. The van der Waals surface area contributed by atoms with Crippen LogP contribution in [0.2, 0.25) is 0 Å². The average molecular weight is 366 g/mol. The molecule has 0 saturated carbocycles. The quantitative estimate of drug-likeness (QED) is 0.761. The zero-order valence-electron chi connectivity index (χ0n) is 14.6. The Labute approximate surface area is 155 Å². The highest BCUT2D eigenvalue weighted by Crippen LogP contribution is 2.25. The molecule has 7 heteroatoms. The first-order valence-corrected chi connectivity index (χ1v) is 8.44. The van der Waals surface area contributed by atoms with Crippen LogP contribution in [-0.4, -0.2) is 39.7 Å². The smallest absolute Gasteiger partial charge is 0.330 e. The standard InChI is InChI=1S/C20H18N2O5/c1-12(22-18(24)14-9-5-6-10-15(14)19(22)25)11-16(23)21-17(20(26)27)13-7-3-2-4-8-13/h2-10,12,17H,11H2,1H3,(H,21,23)(H,26,27). The fraction of sp³-hybridized carbons (Fsp3) is 0.200. The van der Waals surface area contributed by atoms with Crippen molar-refractivity contribution in [3.05, 3.63) is 71.3 Å². The van der Waals surface area contributed by atoms with Crippen molar-refractivity contribution in [2.24, 2.45) is 0 Å². The van der Waals surface area contributed by atoms with E-state index >= 15 is 0 Å². The van der Waals surface area contributed by atoms with Gasteiger partial charge in [0.25, 0.3) is 11.8 Å². The Morgan fingerprint density at radius 1 is 0.963 bits per heavy atom. The van der Waals surface area contributed by atoms with Crippen LogP contribution in [0.4, 0.5) is 0 Å².